The highest BCUT2D eigenvalue weighted by molar-refractivity contribution is 5.76. The lowest BCUT2D eigenvalue weighted by Gasteiger charge is -2.09. The van der Waals surface area contributed by atoms with Crippen molar-refractivity contribution in [1.82, 2.24) is 20.1 Å². The van der Waals surface area contributed by atoms with Crippen LogP contribution in [0.5, 0.6) is 0 Å². The summed E-state index contributed by atoms with van der Waals surface area (Å²) in [6.45, 7) is 4.26. The Morgan fingerprint density at radius 3 is 2.64 bits per heavy atom. The van der Waals surface area contributed by atoms with E-state index in [4.69, 9.17) is 0 Å². The molecule has 0 unspecified atom stereocenters. The fourth-order valence-electron chi connectivity index (χ4n) is 2.07. The number of amides is 1. The molecule has 2 heterocycles. The summed E-state index contributed by atoms with van der Waals surface area (Å²) >= 11 is 0. The molecule has 0 atom stereocenters. The van der Waals surface area contributed by atoms with Crippen LogP contribution in [0.3, 0.4) is 0 Å². The molecule has 2 rings (SSSR count). The van der Waals surface area contributed by atoms with Crippen molar-refractivity contribution in [3.63, 3.8) is 0 Å². The van der Waals surface area contributed by atoms with E-state index in [1.54, 1.807) is 18.5 Å². The standard InChI is InChI=1S/C16H20N4O2/c1-12(2)18-15(21)4-3-11-20-16(22)6-5-14(19-20)13-7-9-17-10-8-13/h5-10,12H,3-4,11H2,1-2H3,(H,18,21). The van der Waals surface area contributed by atoms with Crippen LogP contribution in [0.15, 0.2) is 41.5 Å². The number of aryl methyl sites for hydroxylation is 1. The third-order valence-electron chi connectivity index (χ3n) is 3.07. The van der Waals surface area contributed by atoms with E-state index in [1.807, 2.05) is 26.0 Å². The molecule has 2 aromatic heterocycles. The fourth-order valence-corrected chi connectivity index (χ4v) is 2.07. The molecule has 1 amide bonds. The summed E-state index contributed by atoms with van der Waals surface area (Å²) in [4.78, 5) is 27.4. The zero-order chi connectivity index (χ0) is 15.9. The highest BCUT2D eigenvalue weighted by Gasteiger charge is 2.06. The maximum absolute atomic E-state index is 11.8. The first-order valence-corrected chi connectivity index (χ1v) is 7.34. The van der Waals surface area contributed by atoms with Crippen molar-refractivity contribution in [3.05, 3.63) is 47.0 Å². The zero-order valence-electron chi connectivity index (χ0n) is 12.8. The monoisotopic (exact) mass is 300 g/mol. The normalized spacial score (nSPS) is 10.7. The molecule has 0 fully saturated rings. The first-order chi connectivity index (χ1) is 10.6. The van der Waals surface area contributed by atoms with Gasteiger partial charge in [-0.25, -0.2) is 4.68 Å². The number of nitrogens with zero attached hydrogens (tertiary/aromatic N) is 3. The Bertz CT molecular complexity index is 680. The van der Waals surface area contributed by atoms with E-state index >= 15 is 0 Å². The summed E-state index contributed by atoms with van der Waals surface area (Å²) < 4.78 is 1.40. The molecule has 0 bridgehead atoms. The second kappa shape index (κ2) is 7.49. The molecule has 0 saturated carbocycles. The minimum Gasteiger partial charge on any atom is -0.354 e. The second-order valence-corrected chi connectivity index (χ2v) is 5.34. The molecule has 6 nitrogen and oxygen atoms in total. The van der Waals surface area contributed by atoms with Gasteiger partial charge in [0, 0.05) is 43.0 Å². The summed E-state index contributed by atoms with van der Waals surface area (Å²) in [5.41, 5.74) is 1.46. The van der Waals surface area contributed by atoms with Crippen LogP contribution in [-0.2, 0) is 11.3 Å². The molecular weight excluding hydrogens is 280 g/mol. The summed E-state index contributed by atoms with van der Waals surface area (Å²) in [5.74, 6) is -0.00617. The molecule has 0 radical (unpaired) electrons. The summed E-state index contributed by atoms with van der Waals surface area (Å²) in [7, 11) is 0. The van der Waals surface area contributed by atoms with E-state index in [-0.39, 0.29) is 17.5 Å². The second-order valence-electron chi connectivity index (χ2n) is 5.34. The lowest BCUT2D eigenvalue weighted by Crippen LogP contribution is -2.30. The van der Waals surface area contributed by atoms with Gasteiger partial charge >= 0.3 is 0 Å². The van der Waals surface area contributed by atoms with Crippen LogP contribution in [0.4, 0.5) is 0 Å². The van der Waals surface area contributed by atoms with Gasteiger partial charge in [-0.15, -0.1) is 0 Å². The van der Waals surface area contributed by atoms with Crippen molar-refractivity contribution in [2.75, 3.05) is 0 Å². The van der Waals surface area contributed by atoms with Crippen LogP contribution in [0.25, 0.3) is 11.3 Å². The predicted molar refractivity (Wildman–Crippen MR) is 84.2 cm³/mol. The first-order valence-electron chi connectivity index (χ1n) is 7.34. The Labute approximate surface area is 129 Å². The molecule has 0 aliphatic heterocycles. The highest BCUT2D eigenvalue weighted by Crippen LogP contribution is 2.13. The predicted octanol–water partition coefficient (Wildman–Crippen LogP) is 1.61. The average Bonchev–Trinajstić information content (AvgIpc) is 2.49. The van der Waals surface area contributed by atoms with Gasteiger partial charge in [-0.3, -0.25) is 14.6 Å². The van der Waals surface area contributed by atoms with E-state index < -0.39 is 0 Å². The summed E-state index contributed by atoms with van der Waals surface area (Å²) in [5, 5.41) is 7.17. The SMILES string of the molecule is CC(C)NC(=O)CCCn1nc(-c2ccncc2)ccc1=O. The van der Waals surface area contributed by atoms with Crippen molar-refractivity contribution in [2.24, 2.45) is 0 Å². The van der Waals surface area contributed by atoms with Gasteiger partial charge in [-0.1, -0.05) is 0 Å². The molecule has 0 saturated heterocycles. The molecule has 0 aliphatic rings. The van der Waals surface area contributed by atoms with Crippen molar-refractivity contribution in [2.45, 2.75) is 39.3 Å². The first kappa shape index (κ1) is 15.9. The number of aromatic nitrogens is 3. The van der Waals surface area contributed by atoms with Crippen molar-refractivity contribution >= 4 is 5.91 Å². The maximum Gasteiger partial charge on any atom is 0.266 e. The minimum absolute atomic E-state index is 0.00617. The molecule has 0 spiro atoms. The Morgan fingerprint density at radius 1 is 1.23 bits per heavy atom. The number of hydrogen-bond donors (Lipinski definition) is 1. The Hall–Kier alpha value is -2.50. The van der Waals surface area contributed by atoms with E-state index in [2.05, 4.69) is 15.4 Å². The quantitative estimate of drug-likeness (QED) is 0.879. The van der Waals surface area contributed by atoms with E-state index in [0.717, 1.165) is 5.56 Å². The van der Waals surface area contributed by atoms with Gasteiger partial charge in [0.15, 0.2) is 0 Å². The molecule has 0 aliphatic carbocycles. The lowest BCUT2D eigenvalue weighted by molar-refractivity contribution is -0.121. The molecule has 116 valence electrons. The number of rotatable bonds is 6. The van der Waals surface area contributed by atoms with Crippen LogP contribution >= 0.6 is 0 Å². The largest absolute Gasteiger partial charge is 0.354 e. The molecule has 22 heavy (non-hydrogen) atoms. The summed E-state index contributed by atoms with van der Waals surface area (Å²) in [6, 6.07) is 7.00. The van der Waals surface area contributed by atoms with Crippen molar-refractivity contribution in [3.8, 4) is 11.3 Å². The van der Waals surface area contributed by atoms with Crippen LogP contribution in [0.2, 0.25) is 0 Å². The van der Waals surface area contributed by atoms with Gasteiger partial charge in [0.05, 0.1) is 5.69 Å². The number of nitrogens with one attached hydrogen (secondary N) is 1. The Kier molecular flexibility index (Phi) is 5.41. The van der Waals surface area contributed by atoms with E-state index in [0.29, 0.717) is 25.1 Å². The molecule has 6 heteroatoms. The zero-order valence-corrected chi connectivity index (χ0v) is 12.8. The summed E-state index contributed by atoms with van der Waals surface area (Å²) in [6.07, 6.45) is 4.32. The van der Waals surface area contributed by atoms with Gasteiger partial charge in [0.2, 0.25) is 5.91 Å². The van der Waals surface area contributed by atoms with E-state index in [1.165, 1.54) is 10.7 Å². The van der Waals surface area contributed by atoms with Gasteiger partial charge in [-0.05, 0) is 38.5 Å². The molecule has 1 N–H and O–H groups in total. The third kappa shape index (κ3) is 4.51. The van der Waals surface area contributed by atoms with Crippen LogP contribution in [0.1, 0.15) is 26.7 Å². The molecule has 2 aromatic rings. The number of carbonyl (C=O) groups excluding carboxylic acids is 1. The number of hydrogen-bond acceptors (Lipinski definition) is 4. The van der Waals surface area contributed by atoms with Gasteiger partial charge in [0.1, 0.15) is 0 Å². The third-order valence-corrected chi connectivity index (χ3v) is 3.07. The van der Waals surface area contributed by atoms with Crippen LogP contribution in [-0.4, -0.2) is 26.7 Å². The van der Waals surface area contributed by atoms with Gasteiger partial charge < -0.3 is 5.32 Å². The van der Waals surface area contributed by atoms with Crippen LogP contribution in [0, 0.1) is 0 Å². The molecule has 0 aromatic carbocycles. The van der Waals surface area contributed by atoms with Crippen molar-refractivity contribution in [1.29, 1.82) is 0 Å². The lowest BCUT2D eigenvalue weighted by atomic mass is 10.2. The van der Waals surface area contributed by atoms with Gasteiger partial charge in [0.25, 0.3) is 5.56 Å². The van der Waals surface area contributed by atoms with Crippen LogP contribution < -0.4 is 10.9 Å². The fraction of sp³-hybridized carbons (Fsp3) is 0.375. The van der Waals surface area contributed by atoms with E-state index in [9.17, 15) is 9.59 Å². The van der Waals surface area contributed by atoms with Crippen molar-refractivity contribution < 1.29 is 4.79 Å². The Balaban J connectivity index is 2.02. The average molecular weight is 300 g/mol. The molecular formula is C16H20N4O2. The smallest absolute Gasteiger partial charge is 0.266 e. The Morgan fingerprint density at radius 2 is 1.95 bits per heavy atom. The topological polar surface area (TPSA) is 76.9 Å². The maximum atomic E-state index is 11.8. The number of pyridine rings is 1. The minimum atomic E-state index is -0.165. The highest BCUT2D eigenvalue weighted by atomic mass is 16.1. The number of carbonyl (C=O) groups is 1. The van der Waals surface area contributed by atoms with Gasteiger partial charge in [-0.2, -0.15) is 5.10 Å².